The van der Waals surface area contributed by atoms with Gasteiger partial charge in [-0.3, -0.25) is 9.78 Å². The molecule has 3 heteroatoms. The normalized spacial score (nSPS) is 11.8. The van der Waals surface area contributed by atoms with E-state index >= 15 is 0 Å². The van der Waals surface area contributed by atoms with E-state index in [-0.39, 0.29) is 11.9 Å². The van der Waals surface area contributed by atoms with Crippen LogP contribution < -0.4 is 5.32 Å². The van der Waals surface area contributed by atoms with Gasteiger partial charge in [0.1, 0.15) is 0 Å². The molecule has 1 aromatic carbocycles. The number of nitrogens with zero attached hydrogens (tertiary/aromatic N) is 1. The quantitative estimate of drug-likeness (QED) is 0.872. The minimum Gasteiger partial charge on any atom is -0.345 e. The number of hydrogen-bond donors (Lipinski definition) is 1. The molecule has 0 saturated carbocycles. The molecule has 0 aliphatic heterocycles. The van der Waals surface area contributed by atoms with Crippen LogP contribution in [0, 0.1) is 0 Å². The van der Waals surface area contributed by atoms with Crippen LogP contribution in [-0.4, -0.2) is 10.9 Å². The van der Waals surface area contributed by atoms with Crippen molar-refractivity contribution in [3.63, 3.8) is 0 Å². The fraction of sp³-hybridized carbons (Fsp3) is 0.143. The lowest BCUT2D eigenvalue weighted by molar-refractivity contribution is -0.119. The van der Waals surface area contributed by atoms with Crippen LogP contribution in [0.5, 0.6) is 0 Å². The highest BCUT2D eigenvalue weighted by Crippen LogP contribution is 2.20. The van der Waals surface area contributed by atoms with Crippen molar-refractivity contribution in [2.24, 2.45) is 0 Å². The number of benzene rings is 1. The number of carbonyl (C=O) groups excluding carboxylic acids is 1. The van der Waals surface area contributed by atoms with Gasteiger partial charge in [0, 0.05) is 19.3 Å². The monoisotopic (exact) mass is 226 g/mol. The minimum absolute atomic E-state index is 0.0530. The van der Waals surface area contributed by atoms with E-state index in [9.17, 15) is 4.79 Å². The van der Waals surface area contributed by atoms with Gasteiger partial charge in [0.2, 0.25) is 5.91 Å². The number of amides is 1. The van der Waals surface area contributed by atoms with Gasteiger partial charge in [-0.25, -0.2) is 0 Å². The lowest BCUT2D eigenvalue weighted by Crippen LogP contribution is -2.26. The van der Waals surface area contributed by atoms with Crippen molar-refractivity contribution in [2.45, 2.75) is 13.0 Å². The summed E-state index contributed by atoms with van der Waals surface area (Å²) >= 11 is 0. The van der Waals surface area contributed by atoms with Crippen molar-refractivity contribution >= 4 is 5.91 Å². The van der Waals surface area contributed by atoms with E-state index in [1.807, 2.05) is 42.5 Å². The van der Waals surface area contributed by atoms with Crippen molar-refractivity contribution < 1.29 is 4.79 Å². The van der Waals surface area contributed by atoms with Gasteiger partial charge in [-0.15, -0.1) is 0 Å². The average molecular weight is 226 g/mol. The Morgan fingerprint density at radius 1 is 1.12 bits per heavy atom. The third-order valence-electron chi connectivity index (χ3n) is 2.50. The first-order chi connectivity index (χ1) is 8.27. The largest absolute Gasteiger partial charge is 0.345 e. The fourth-order valence-electron chi connectivity index (χ4n) is 1.75. The molecule has 0 bridgehead atoms. The van der Waals surface area contributed by atoms with Gasteiger partial charge in [0.05, 0.1) is 6.04 Å². The van der Waals surface area contributed by atoms with E-state index in [0.717, 1.165) is 11.1 Å². The summed E-state index contributed by atoms with van der Waals surface area (Å²) in [4.78, 5) is 15.4. The average Bonchev–Trinajstić information content (AvgIpc) is 2.38. The highest BCUT2D eigenvalue weighted by Gasteiger charge is 2.14. The first kappa shape index (κ1) is 11.3. The summed E-state index contributed by atoms with van der Waals surface area (Å²) in [6.45, 7) is 1.52. The summed E-state index contributed by atoms with van der Waals surface area (Å²) in [7, 11) is 0. The molecule has 0 fully saturated rings. The summed E-state index contributed by atoms with van der Waals surface area (Å²) in [6, 6.07) is 13.6. The van der Waals surface area contributed by atoms with Crippen molar-refractivity contribution in [1.82, 2.24) is 10.3 Å². The number of pyridine rings is 1. The number of aromatic nitrogens is 1. The van der Waals surface area contributed by atoms with E-state index in [2.05, 4.69) is 10.3 Å². The Bertz CT molecular complexity index is 443. The SMILES string of the molecule is CC(=O)N[C@H](c1ccccc1)c1cccnc1. The summed E-state index contributed by atoms with van der Waals surface area (Å²) in [6.07, 6.45) is 3.49. The number of rotatable bonds is 3. The topological polar surface area (TPSA) is 42.0 Å². The van der Waals surface area contributed by atoms with Gasteiger partial charge < -0.3 is 5.32 Å². The molecule has 1 aromatic heterocycles. The minimum atomic E-state index is -0.137. The number of nitrogens with one attached hydrogen (secondary N) is 1. The number of hydrogen-bond acceptors (Lipinski definition) is 2. The molecule has 0 radical (unpaired) electrons. The van der Waals surface area contributed by atoms with Crippen LogP contribution in [0.25, 0.3) is 0 Å². The standard InChI is InChI=1S/C14H14N2O/c1-11(17)16-14(12-6-3-2-4-7-12)13-8-5-9-15-10-13/h2-10,14H,1H3,(H,16,17)/t14-/m1/s1. The molecule has 17 heavy (non-hydrogen) atoms. The van der Waals surface area contributed by atoms with Crippen molar-refractivity contribution in [3.8, 4) is 0 Å². The molecule has 3 nitrogen and oxygen atoms in total. The van der Waals surface area contributed by atoms with Crippen LogP contribution in [0.1, 0.15) is 24.1 Å². The highest BCUT2D eigenvalue weighted by atomic mass is 16.1. The van der Waals surface area contributed by atoms with Crippen molar-refractivity contribution in [2.75, 3.05) is 0 Å². The molecular weight excluding hydrogens is 212 g/mol. The van der Waals surface area contributed by atoms with Gasteiger partial charge in [-0.2, -0.15) is 0 Å². The third-order valence-corrected chi connectivity index (χ3v) is 2.50. The fourth-order valence-corrected chi connectivity index (χ4v) is 1.75. The Labute approximate surface area is 101 Å². The molecule has 1 N–H and O–H groups in total. The predicted molar refractivity (Wildman–Crippen MR) is 66.3 cm³/mol. The zero-order chi connectivity index (χ0) is 12.1. The van der Waals surface area contributed by atoms with Gasteiger partial charge in [0.25, 0.3) is 0 Å². The first-order valence-corrected chi connectivity index (χ1v) is 5.49. The van der Waals surface area contributed by atoms with Crippen molar-refractivity contribution in [1.29, 1.82) is 0 Å². The second-order valence-corrected chi connectivity index (χ2v) is 3.83. The summed E-state index contributed by atoms with van der Waals surface area (Å²) in [5, 5.41) is 2.93. The van der Waals surface area contributed by atoms with Gasteiger partial charge in [-0.05, 0) is 17.2 Å². The van der Waals surface area contributed by atoms with Crippen LogP contribution in [0.15, 0.2) is 54.9 Å². The Hall–Kier alpha value is -2.16. The lowest BCUT2D eigenvalue weighted by atomic mass is 10.0. The molecule has 1 heterocycles. The number of carbonyl (C=O) groups is 1. The molecule has 0 saturated heterocycles. The second kappa shape index (κ2) is 5.25. The Morgan fingerprint density at radius 2 is 1.82 bits per heavy atom. The lowest BCUT2D eigenvalue weighted by Gasteiger charge is -2.18. The molecule has 2 aromatic rings. The van der Waals surface area contributed by atoms with E-state index in [1.165, 1.54) is 6.92 Å². The molecule has 2 rings (SSSR count). The smallest absolute Gasteiger partial charge is 0.217 e. The molecule has 0 aliphatic carbocycles. The maximum Gasteiger partial charge on any atom is 0.217 e. The van der Waals surface area contributed by atoms with Crippen LogP contribution in [-0.2, 0) is 4.79 Å². The van der Waals surface area contributed by atoms with E-state index in [1.54, 1.807) is 12.4 Å². The zero-order valence-corrected chi connectivity index (χ0v) is 9.63. The Balaban J connectivity index is 2.36. The molecular formula is C14H14N2O. The Morgan fingerprint density at radius 3 is 2.41 bits per heavy atom. The first-order valence-electron chi connectivity index (χ1n) is 5.49. The summed E-state index contributed by atoms with van der Waals surface area (Å²) in [5.74, 6) is -0.0530. The second-order valence-electron chi connectivity index (χ2n) is 3.83. The molecule has 0 aliphatic rings. The third kappa shape index (κ3) is 2.91. The van der Waals surface area contributed by atoms with Crippen LogP contribution in [0.3, 0.4) is 0 Å². The van der Waals surface area contributed by atoms with Crippen LogP contribution in [0.4, 0.5) is 0 Å². The maximum absolute atomic E-state index is 11.3. The van der Waals surface area contributed by atoms with E-state index in [0.29, 0.717) is 0 Å². The molecule has 0 unspecified atom stereocenters. The summed E-state index contributed by atoms with van der Waals surface area (Å²) < 4.78 is 0. The molecule has 86 valence electrons. The van der Waals surface area contributed by atoms with E-state index in [4.69, 9.17) is 0 Å². The predicted octanol–water partition coefficient (Wildman–Crippen LogP) is 2.31. The zero-order valence-electron chi connectivity index (χ0n) is 9.63. The maximum atomic E-state index is 11.3. The van der Waals surface area contributed by atoms with Gasteiger partial charge in [-0.1, -0.05) is 36.4 Å². The van der Waals surface area contributed by atoms with Crippen molar-refractivity contribution in [3.05, 3.63) is 66.0 Å². The van der Waals surface area contributed by atoms with Gasteiger partial charge in [0.15, 0.2) is 0 Å². The van der Waals surface area contributed by atoms with E-state index < -0.39 is 0 Å². The molecule has 1 atom stereocenters. The molecule has 0 spiro atoms. The summed E-state index contributed by atoms with van der Waals surface area (Å²) in [5.41, 5.74) is 2.03. The molecule has 1 amide bonds. The van der Waals surface area contributed by atoms with Gasteiger partial charge >= 0.3 is 0 Å². The highest BCUT2D eigenvalue weighted by molar-refractivity contribution is 5.74. The van der Waals surface area contributed by atoms with Crippen LogP contribution in [0.2, 0.25) is 0 Å². The van der Waals surface area contributed by atoms with Crippen LogP contribution >= 0.6 is 0 Å². The Kier molecular flexibility index (Phi) is 3.50.